The number of ether oxygens (including phenoxy) is 6. The third kappa shape index (κ3) is 12.2. The molecule has 1 unspecified atom stereocenters. The molecule has 20 heteroatoms. The van der Waals surface area contributed by atoms with Gasteiger partial charge in [-0.1, -0.05) is 30.3 Å². The molecule has 3 N–H and O–H groups in total. The smallest absolute Gasteiger partial charge is 0.266 e. The van der Waals surface area contributed by atoms with Crippen LogP contribution in [0.4, 0.5) is 5.82 Å². The molecule has 3 aliphatic heterocycles. The first-order valence-electron chi connectivity index (χ1n) is 23.7. The van der Waals surface area contributed by atoms with Gasteiger partial charge in [0.05, 0.1) is 68.8 Å². The van der Waals surface area contributed by atoms with Crippen molar-refractivity contribution < 1.29 is 52.4 Å². The van der Waals surface area contributed by atoms with Crippen LogP contribution >= 0.6 is 0 Å². The van der Waals surface area contributed by atoms with Gasteiger partial charge in [0.2, 0.25) is 11.8 Å². The van der Waals surface area contributed by atoms with E-state index in [2.05, 4.69) is 21.4 Å². The Morgan fingerprint density at radius 2 is 1.51 bits per heavy atom. The van der Waals surface area contributed by atoms with Gasteiger partial charge in [0.15, 0.2) is 5.65 Å². The first-order valence-corrected chi connectivity index (χ1v) is 23.7. The number of anilines is 1. The number of likely N-dealkylation sites (tertiary alicyclic amines) is 1. The Hall–Kier alpha value is -7.57. The van der Waals surface area contributed by atoms with Crippen LogP contribution in [0.15, 0.2) is 90.8 Å². The third-order valence-electron chi connectivity index (χ3n) is 12.1. The van der Waals surface area contributed by atoms with Gasteiger partial charge in [-0.05, 0) is 87.1 Å². The normalized spacial score (nSPS) is 17.1. The zero-order chi connectivity index (χ0) is 49.5. The minimum Gasteiger partial charge on any atom is -0.490 e. The average molecular weight is 970 g/mol. The number of nitrogen functional groups attached to an aromatic ring is 1. The average Bonchev–Trinajstić information content (AvgIpc) is 3.90. The van der Waals surface area contributed by atoms with E-state index in [1.54, 1.807) is 23.1 Å². The van der Waals surface area contributed by atoms with E-state index in [1.165, 1.54) is 12.4 Å². The van der Waals surface area contributed by atoms with Crippen LogP contribution < -0.4 is 20.5 Å². The number of unbranched alkanes of at least 4 members (excludes halogenated alkanes) is 2. The summed E-state index contributed by atoms with van der Waals surface area (Å²) in [5.41, 5.74) is 8.77. The zero-order valence-electron chi connectivity index (χ0n) is 39.2. The van der Waals surface area contributed by atoms with Crippen LogP contribution in [-0.2, 0) is 33.3 Å². The lowest BCUT2D eigenvalue weighted by molar-refractivity contribution is -0.136. The monoisotopic (exact) mass is 969 g/mol. The molecule has 5 amide bonds. The second-order valence-electron chi connectivity index (χ2n) is 16.9. The van der Waals surface area contributed by atoms with Crippen molar-refractivity contribution in [3.8, 4) is 34.6 Å². The number of amides is 5. The lowest BCUT2D eigenvalue weighted by Crippen LogP contribution is -2.54. The highest BCUT2D eigenvalue weighted by molar-refractivity contribution is 6.24. The van der Waals surface area contributed by atoms with Gasteiger partial charge in [-0.25, -0.2) is 14.6 Å². The molecule has 2 fully saturated rings. The van der Waals surface area contributed by atoms with Gasteiger partial charge < -0.3 is 39.1 Å². The Labute approximate surface area is 409 Å². The highest BCUT2D eigenvalue weighted by atomic mass is 16.6. The molecule has 2 atom stereocenters. The summed E-state index contributed by atoms with van der Waals surface area (Å²) in [5.74, 6) is -0.723. The maximum absolute atomic E-state index is 13.6. The van der Waals surface area contributed by atoms with E-state index in [1.807, 2.05) is 59.3 Å². The fraction of sp³-hybridized carbons (Fsp3) is 0.392. The fourth-order valence-electron chi connectivity index (χ4n) is 8.62. The molecule has 0 spiro atoms. The van der Waals surface area contributed by atoms with Gasteiger partial charge in [-0.2, -0.15) is 10.4 Å². The van der Waals surface area contributed by atoms with Crippen molar-refractivity contribution in [2.75, 3.05) is 78.3 Å². The minimum absolute atomic E-state index is 0.0373. The van der Waals surface area contributed by atoms with Crippen LogP contribution in [0.25, 0.3) is 22.3 Å². The minimum atomic E-state index is -1.06. The number of nitrogens with two attached hydrogens (primary N) is 1. The summed E-state index contributed by atoms with van der Waals surface area (Å²) in [5, 5.41) is 17.8. The van der Waals surface area contributed by atoms with Crippen molar-refractivity contribution in [2.24, 2.45) is 0 Å². The van der Waals surface area contributed by atoms with Gasteiger partial charge in [-0.3, -0.25) is 34.2 Å². The molecule has 2 aromatic heterocycles. The SMILES string of the molecule is N#C/C(=C/CCCCOCCOCCOCCOCCOc1cccc2c1C(=O)N(C1CCC(=O)NC1=O)C2=O)C(=O)N1CCC[C@@H](n2nc(-c3ccc(Oc4ccccc4)cc3)c3c(N)ncnc32)C1. The zero-order valence-corrected chi connectivity index (χ0v) is 39.2. The summed E-state index contributed by atoms with van der Waals surface area (Å²) in [4.78, 5) is 75.2. The Morgan fingerprint density at radius 1 is 0.803 bits per heavy atom. The Balaban J connectivity index is 0.674. The number of hydrogen-bond donors (Lipinski definition) is 2. The fourth-order valence-corrected chi connectivity index (χ4v) is 8.62. The number of aromatic nitrogens is 4. The van der Waals surface area contributed by atoms with Gasteiger partial charge >= 0.3 is 0 Å². The molecule has 20 nitrogen and oxygen atoms in total. The van der Waals surface area contributed by atoms with Crippen LogP contribution in [0.1, 0.15) is 71.7 Å². The summed E-state index contributed by atoms with van der Waals surface area (Å²) in [6.07, 6.45) is 6.78. The van der Waals surface area contributed by atoms with Crippen molar-refractivity contribution in [2.45, 2.75) is 57.0 Å². The van der Waals surface area contributed by atoms with Crippen LogP contribution in [0.5, 0.6) is 17.2 Å². The number of para-hydroxylation sites is 1. The summed E-state index contributed by atoms with van der Waals surface area (Å²) in [6.45, 7) is 3.92. The van der Waals surface area contributed by atoms with Gasteiger partial charge in [0.1, 0.15) is 59.4 Å². The molecule has 3 aliphatic rings. The number of imide groups is 2. The second kappa shape index (κ2) is 24.3. The number of fused-ring (bicyclic) bond motifs is 2. The van der Waals surface area contributed by atoms with Crippen molar-refractivity contribution in [3.05, 3.63) is 102 Å². The number of carbonyl (C=O) groups is 5. The molecule has 71 heavy (non-hydrogen) atoms. The highest BCUT2D eigenvalue weighted by Gasteiger charge is 2.46. The van der Waals surface area contributed by atoms with Crippen LogP contribution in [0.3, 0.4) is 0 Å². The summed E-state index contributed by atoms with van der Waals surface area (Å²) in [6, 6.07) is 22.7. The number of nitrogens with zero attached hydrogens (tertiary/aromatic N) is 7. The van der Waals surface area contributed by atoms with E-state index in [-0.39, 0.29) is 60.5 Å². The number of piperidine rings is 2. The summed E-state index contributed by atoms with van der Waals surface area (Å²) in [7, 11) is 0. The topological polar surface area (TPSA) is 253 Å². The molecule has 0 saturated carbocycles. The molecule has 370 valence electrons. The third-order valence-corrected chi connectivity index (χ3v) is 12.1. The van der Waals surface area contributed by atoms with E-state index in [0.29, 0.717) is 94.1 Å². The number of hydrogen-bond acceptors (Lipinski definition) is 16. The lowest BCUT2D eigenvalue weighted by Gasteiger charge is -2.32. The van der Waals surface area contributed by atoms with Crippen molar-refractivity contribution in [3.63, 3.8) is 0 Å². The standard InChI is InChI=1S/C51H55N9O11/c52-31-35(49(63)58-21-8-10-36(32-58)60-47-44(46(53)54-33-55-47)45(57-60)34-15-17-38(18-16-34)71-37-11-4-1-5-12-37)9-3-2-6-22-66-23-24-67-25-26-68-27-28-69-29-30-70-41-14-7-13-39-43(41)51(65)59(50(39)64)40-19-20-42(61)56-48(40)62/h1,4-5,7,9,11-18,33,36,40H,2-3,6,8,10,19-30,32H2,(H2,53,54,55)(H,56,61,62)/b35-9-/t36-,40?/m1/s1. The largest absolute Gasteiger partial charge is 0.490 e. The van der Waals surface area contributed by atoms with Crippen molar-refractivity contribution in [1.29, 1.82) is 5.26 Å². The molecule has 2 saturated heterocycles. The Kier molecular flexibility index (Phi) is 17.1. The summed E-state index contributed by atoms with van der Waals surface area (Å²) < 4.78 is 36.0. The van der Waals surface area contributed by atoms with E-state index < -0.39 is 29.7 Å². The molecular formula is C51H55N9O11. The number of benzene rings is 3. The first-order chi connectivity index (χ1) is 34.7. The molecule has 5 heterocycles. The van der Waals surface area contributed by atoms with Crippen molar-refractivity contribution in [1.82, 2.24) is 34.9 Å². The Bertz CT molecular complexity index is 2780. The number of carbonyl (C=O) groups excluding carboxylic acids is 5. The quantitative estimate of drug-likeness (QED) is 0.0349. The predicted octanol–water partition coefficient (Wildman–Crippen LogP) is 5.20. The van der Waals surface area contributed by atoms with Crippen LogP contribution in [0, 0.1) is 11.3 Å². The van der Waals surface area contributed by atoms with Crippen molar-refractivity contribution >= 4 is 46.4 Å². The number of rotatable bonds is 24. The van der Waals surface area contributed by atoms with E-state index in [9.17, 15) is 29.2 Å². The number of nitriles is 1. The maximum atomic E-state index is 13.6. The van der Waals surface area contributed by atoms with Gasteiger partial charge in [0, 0.05) is 31.7 Å². The van der Waals surface area contributed by atoms with E-state index >= 15 is 0 Å². The molecule has 0 bridgehead atoms. The molecular weight excluding hydrogens is 915 g/mol. The lowest BCUT2D eigenvalue weighted by atomic mass is 10.0. The van der Waals surface area contributed by atoms with Gasteiger partial charge in [0.25, 0.3) is 17.7 Å². The predicted molar refractivity (Wildman–Crippen MR) is 256 cm³/mol. The number of allylic oxidation sites excluding steroid dienone is 1. The molecule has 5 aromatic rings. The number of nitrogens with one attached hydrogen (secondary N) is 1. The molecule has 0 radical (unpaired) electrons. The maximum Gasteiger partial charge on any atom is 0.266 e. The molecule has 3 aromatic carbocycles. The van der Waals surface area contributed by atoms with E-state index in [0.717, 1.165) is 41.9 Å². The highest BCUT2D eigenvalue weighted by Crippen LogP contribution is 2.36. The Morgan fingerprint density at radius 3 is 2.23 bits per heavy atom. The second-order valence-corrected chi connectivity index (χ2v) is 16.9. The van der Waals surface area contributed by atoms with Gasteiger partial charge in [-0.15, -0.1) is 0 Å². The van der Waals surface area contributed by atoms with E-state index in [4.69, 9.17) is 39.3 Å². The first kappa shape index (κ1) is 49.8. The summed E-state index contributed by atoms with van der Waals surface area (Å²) >= 11 is 0. The van der Waals surface area contributed by atoms with Crippen LogP contribution in [0.2, 0.25) is 0 Å². The molecule has 0 aliphatic carbocycles. The molecule has 8 rings (SSSR count). The van der Waals surface area contributed by atoms with Crippen LogP contribution in [-0.4, -0.2) is 138 Å².